The van der Waals surface area contributed by atoms with Gasteiger partial charge in [-0.05, 0) is 38.9 Å². The van der Waals surface area contributed by atoms with Crippen molar-refractivity contribution >= 4 is 5.91 Å². The number of amides is 1. The highest BCUT2D eigenvalue weighted by molar-refractivity contribution is 5.81. The number of aromatic nitrogens is 1. The van der Waals surface area contributed by atoms with Gasteiger partial charge in [0.05, 0.1) is 25.4 Å². The van der Waals surface area contributed by atoms with E-state index in [2.05, 4.69) is 15.2 Å². The Balaban J connectivity index is 1.85. The van der Waals surface area contributed by atoms with Gasteiger partial charge in [-0.1, -0.05) is 18.9 Å². The van der Waals surface area contributed by atoms with Crippen LogP contribution in [-0.2, 0) is 11.3 Å². The van der Waals surface area contributed by atoms with Crippen LogP contribution in [0.4, 0.5) is 0 Å². The lowest BCUT2D eigenvalue weighted by molar-refractivity contribution is -0.126. The molecular weight excluding hydrogens is 266 g/mol. The molecule has 1 aliphatic rings. The van der Waals surface area contributed by atoms with Gasteiger partial charge in [-0.2, -0.15) is 0 Å². The minimum atomic E-state index is -0.0753. The minimum Gasteiger partial charge on any atom is -0.481 e. The number of hydrogen-bond donors (Lipinski definition) is 1. The molecule has 0 bridgehead atoms. The first-order chi connectivity index (χ1) is 10.2. The molecule has 2 heterocycles. The molecule has 0 aromatic carbocycles. The maximum Gasteiger partial charge on any atom is 0.237 e. The summed E-state index contributed by atoms with van der Waals surface area (Å²) in [7, 11) is 1.59. The Bertz CT molecular complexity index is 457. The molecule has 116 valence electrons. The van der Waals surface area contributed by atoms with Crippen molar-refractivity contribution in [1.29, 1.82) is 0 Å². The fourth-order valence-corrected chi connectivity index (χ4v) is 2.64. The van der Waals surface area contributed by atoms with Crippen molar-refractivity contribution in [1.82, 2.24) is 15.2 Å². The number of nitrogens with zero attached hydrogens (tertiary/aromatic N) is 2. The van der Waals surface area contributed by atoms with Gasteiger partial charge >= 0.3 is 0 Å². The van der Waals surface area contributed by atoms with Gasteiger partial charge in [-0.15, -0.1) is 0 Å². The Morgan fingerprint density at radius 1 is 1.33 bits per heavy atom. The van der Waals surface area contributed by atoms with Gasteiger partial charge in [-0.3, -0.25) is 9.69 Å². The molecule has 1 aromatic rings. The van der Waals surface area contributed by atoms with Crippen LogP contribution in [0.5, 0.6) is 5.88 Å². The molecule has 0 radical (unpaired) electrons. The number of methoxy groups -OCH3 is 1. The molecule has 1 aromatic heterocycles. The summed E-state index contributed by atoms with van der Waals surface area (Å²) in [5.41, 5.74) is 0.811. The van der Waals surface area contributed by atoms with E-state index in [0.717, 1.165) is 18.8 Å². The Morgan fingerprint density at radius 2 is 2.05 bits per heavy atom. The molecule has 0 saturated carbocycles. The van der Waals surface area contributed by atoms with Gasteiger partial charge in [0.15, 0.2) is 0 Å². The quantitative estimate of drug-likeness (QED) is 0.901. The molecule has 1 fully saturated rings. The lowest BCUT2D eigenvalue weighted by atomic mass is 10.2. The molecule has 1 aliphatic heterocycles. The Kier molecular flexibility index (Phi) is 5.99. The zero-order valence-electron chi connectivity index (χ0n) is 13.0. The average Bonchev–Trinajstić information content (AvgIpc) is 2.81. The van der Waals surface area contributed by atoms with E-state index in [4.69, 9.17) is 4.74 Å². The lowest BCUT2D eigenvalue weighted by Crippen LogP contribution is -2.45. The van der Waals surface area contributed by atoms with E-state index in [1.807, 2.05) is 19.1 Å². The van der Waals surface area contributed by atoms with E-state index >= 15 is 0 Å². The summed E-state index contributed by atoms with van der Waals surface area (Å²) in [4.78, 5) is 18.8. The van der Waals surface area contributed by atoms with Crippen LogP contribution in [0.15, 0.2) is 18.2 Å². The summed E-state index contributed by atoms with van der Waals surface area (Å²) >= 11 is 0. The maximum atomic E-state index is 12.3. The lowest BCUT2D eigenvalue weighted by Gasteiger charge is -2.26. The third-order valence-corrected chi connectivity index (χ3v) is 4.00. The van der Waals surface area contributed by atoms with Crippen LogP contribution in [0.25, 0.3) is 0 Å². The van der Waals surface area contributed by atoms with E-state index in [1.165, 1.54) is 25.7 Å². The highest BCUT2D eigenvalue weighted by atomic mass is 16.5. The number of carbonyl (C=O) groups is 1. The predicted octanol–water partition coefficient (Wildman–Crippen LogP) is 1.97. The summed E-state index contributed by atoms with van der Waals surface area (Å²) in [6.45, 7) is 4.46. The molecule has 1 unspecified atom stereocenters. The second-order valence-electron chi connectivity index (χ2n) is 5.52. The molecule has 1 N–H and O–H groups in total. The van der Waals surface area contributed by atoms with Gasteiger partial charge in [0.1, 0.15) is 0 Å². The van der Waals surface area contributed by atoms with Crippen molar-refractivity contribution in [2.24, 2.45) is 0 Å². The van der Waals surface area contributed by atoms with Crippen molar-refractivity contribution in [2.45, 2.75) is 45.2 Å². The maximum absolute atomic E-state index is 12.3. The number of nitrogens with one attached hydrogen (secondary N) is 1. The molecule has 5 nitrogen and oxygen atoms in total. The first kappa shape index (κ1) is 15.8. The zero-order valence-corrected chi connectivity index (χ0v) is 13.0. The SMILES string of the molecule is COc1cccc(CNC(=O)C(C)N2CCCCCC2)n1. The third kappa shape index (κ3) is 4.70. The number of likely N-dealkylation sites (tertiary alicyclic amines) is 1. The van der Waals surface area contributed by atoms with Gasteiger partial charge in [-0.25, -0.2) is 4.98 Å². The summed E-state index contributed by atoms with van der Waals surface area (Å²) in [6, 6.07) is 5.49. The minimum absolute atomic E-state index is 0.0709. The van der Waals surface area contributed by atoms with Gasteiger partial charge in [0.2, 0.25) is 11.8 Å². The normalized spacial score (nSPS) is 17.8. The highest BCUT2D eigenvalue weighted by Gasteiger charge is 2.21. The number of rotatable bonds is 5. The predicted molar refractivity (Wildman–Crippen MR) is 82.1 cm³/mol. The van der Waals surface area contributed by atoms with Crippen LogP contribution in [-0.4, -0.2) is 42.0 Å². The summed E-state index contributed by atoms with van der Waals surface area (Å²) in [5, 5.41) is 2.97. The van der Waals surface area contributed by atoms with Crippen molar-refractivity contribution in [3.05, 3.63) is 23.9 Å². The van der Waals surface area contributed by atoms with Gasteiger partial charge < -0.3 is 10.1 Å². The number of ether oxygens (including phenoxy) is 1. The van der Waals surface area contributed by atoms with Crippen molar-refractivity contribution in [3.63, 3.8) is 0 Å². The fraction of sp³-hybridized carbons (Fsp3) is 0.625. The topological polar surface area (TPSA) is 54.5 Å². The molecule has 2 rings (SSSR count). The molecule has 1 amide bonds. The molecule has 21 heavy (non-hydrogen) atoms. The van der Waals surface area contributed by atoms with Crippen LogP contribution in [0.2, 0.25) is 0 Å². The van der Waals surface area contributed by atoms with Crippen LogP contribution < -0.4 is 10.1 Å². The van der Waals surface area contributed by atoms with Crippen LogP contribution in [0, 0.1) is 0 Å². The van der Waals surface area contributed by atoms with Crippen molar-refractivity contribution < 1.29 is 9.53 Å². The van der Waals surface area contributed by atoms with Gasteiger partial charge in [0.25, 0.3) is 0 Å². The molecule has 0 aliphatic carbocycles. The third-order valence-electron chi connectivity index (χ3n) is 4.00. The first-order valence-electron chi connectivity index (χ1n) is 7.72. The largest absolute Gasteiger partial charge is 0.481 e. The van der Waals surface area contributed by atoms with Gasteiger partial charge in [0, 0.05) is 6.07 Å². The summed E-state index contributed by atoms with van der Waals surface area (Å²) in [5.74, 6) is 0.642. The van der Waals surface area contributed by atoms with Crippen LogP contribution >= 0.6 is 0 Å². The summed E-state index contributed by atoms with van der Waals surface area (Å²) < 4.78 is 5.09. The van der Waals surface area contributed by atoms with E-state index in [1.54, 1.807) is 13.2 Å². The molecule has 1 saturated heterocycles. The van der Waals surface area contributed by atoms with E-state index < -0.39 is 0 Å². The van der Waals surface area contributed by atoms with Crippen LogP contribution in [0.1, 0.15) is 38.3 Å². The zero-order chi connectivity index (χ0) is 15.1. The summed E-state index contributed by atoms with van der Waals surface area (Å²) in [6.07, 6.45) is 4.93. The second-order valence-corrected chi connectivity index (χ2v) is 5.52. The molecule has 1 atom stereocenters. The van der Waals surface area contributed by atoms with E-state index in [0.29, 0.717) is 12.4 Å². The Labute approximate surface area is 126 Å². The van der Waals surface area contributed by atoms with Crippen LogP contribution in [0.3, 0.4) is 0 Å². The molecule has 5 heteroatoms. The van der Waals surface area contributed by atoms with Crippen molar-refractivity contribution in [3.8, 4) is 5.88 Å². The first-order valence-corrected chi connectivity index (χ1v) is 7.72. The van der Waals surface area contributed by atoms with Crippen molar-refractivity contribution in [2.75, 3.05) is 20.2 Å². The number of carbonyl (C=O) groups excluding carboxylic acids is 1. The van der Waals surface area contributed by atoms with E-state index in [9.17, 15) is 4.79 Å². The standard InChI is InChI=1S/C16H25N3O2/c1-13(19-10-5-3-4-6-11-19)16(20)17-12-14-8-7-9-15(18-14)21-2/h7-9,13H,3-6,10-12H2,1-2H3,(H,17,20). The van der Waals surface area contributed by atoms with E-state index in [-0.39, 0.29) is 11.9 Å². The monoisotopic (exact) mass is 291 g/mol. The Hall–Kier alpha value is -1.62. The molecule has 0 spiro atoms. The smallest absolute Gasteiger partial charge is 0.237 e. The second kappa shape index (κ2) is 7.98. The molecular formula is C16H25N3O2. The number of pyridine rings is 1. The Morgan fingerprint density at radius 3 is 2.71 bits per heavy atom. The fourth-order valence-electron chi connectivity index (χ4n) is 2.64. The average molecular weight is 291 g/mol. The number of hydrogen-bond acceptors (Lipinski definition) is 4. The highest BCUT2D eigenvalue weighted by Crippen LogP contribution is 2.13.